The van der Waals surface area contributed by atoms with Gasteiger partial charge in [-0.2, -0.15) is 0 Å². The molecule has 1 amide bonds. The van der Waals surface area contributed by atoms with Crippen LogP contribution in [-0.4, -0.2) is 36.8 Å². The number of aromatic nitrogens is 2. The Bertz CT molecular complexity index is 903. The molecule has 1 unspecified atom stereocenters. The van der Waals surface area contributed by atoms with Gasteiger partial charge in [0.2, 0.25) is 5.91 Å². The topological polar surface area (TPSA) is 89.0 Å². The van der Waals surface area contributed by atoms with Crippen LogP contribution in [0.25, 0.3) is 0 Å². The van der Waals surface area contributed by atoms with E-state index in [1.165, 1.54) is 18.0 Å². The molecular weight excluding hydrogens is 382 g/mol. The van der Waals surface area contributed by atoms with Gasteiger partial charge in [-0.05, 0) is 56.7 Å². The van der Waals surface area contributed by atoms with E-state index in [1.807, 2.05) is 27.0 Å². The summed E-state index contributed by atoms with van der Waals surface area (Å²) < 4.78 is 23.1. The van der Waals surface area contributed by atoms with E-state index in [0.717, 1.165) is 27.7 Å². The third-order valence-corrected chi connectivity index (χ3v) is 6.05. The van der Waals surface area contributed by atoms with Crippen molar-refractivity contribution in [2.75, 3.05) is 12.5 Å². The largest absolute Gasteiger partial charge is 0.350 e. The minimum atomic E-state index is -3.22. The van der Waals surface area contributed by atoms with E-state index in [9.17, 15) is 13.2 Å². The summed E-state index contributed by atoms with van der Waals surface area (Å²) >= 11 is 1.50. The van der Waals surface area contributed by atoms with Crippen LogP contribution in [0.5, 0.6) is 0 Å². The van der Waals surface area contributed by atoms with Crippen molar-refractivity contribution in [2.24, 2.45) is 0 Å². The maximum Gasteiger partial charge on any atom is 0.220 e. The lowest BCUT2D eigenvalue weighted by Crippen LogP contribution is -2.27. The molecule has 6 nitrogen and oxygen atoms in total. The molecule has 1 heterocycles. The fourth-order valence-corrected chi connectivity index (χ4v) is 3.89. The van der Waals surface area contributed by atoms with Gasteiger partial charge in [0.15, 0.2) is 15.0 Å². The van der Waals surface area contributed by atoms with Crippen molar-refractivity contribution in [1.82, 2.24) is 15.3 Å². The molecule has 2 rings (SSSR count). The molecule has 0 saturated heterocycles. The summed E-state index contributed by atoms with van der Waals surface area (Å²) in [7, 11) is -3.22. The first-order chi connectivity index (χ1) is 12.6. The van der Waals surface area contributed by atoms with E-state index in [2.05, 4.69) is 15.3 Å². The molecule has 1 aromatic heterocycles. The number of carbonyl (C=O) groups is 1. The summed E-state index contributed by atoms with van der Waals surface area (Å²) in [6.45, 7) is 5.75. The zero-order valence-corrected chi connectivity index (χ0v) is 17.9. The second-order valence-electron chi connectivity index (χ2n) is 6.49. The predicted molar refractivity (Wildman–Crippen MR) is 108 cm³/mol. The van der Waals surface area contributed by atoms with E-state index < -0.39 is 9.84 Å². The Morgan fingerprint density at radius 3 is 2.19 bits per heavy atom. The summed E-state index contributed by atoms with van der Waals surface area (Å²) in [5, 5.41) is 3.69. The summed E-state index contributed by atoms with van der Waals surface area (Å²) in [6, 6.07) is 6.37. The lowest BCUT2D eigenvalue weighted by molar-refractivity contribution is -0.121. The molecule has 1 aromatic carbocycles. The molecule has 0 saturated carbocycles. The van der Waals surface area contributed by atoms with Gasteiger partial charge >= 0.3 is 0 Å². The SMILES string of the molecule is CSc1nc(C)c(CCC(=O)NC(C)c2ccc(S(C)(=O)=O)cc2)c(C)n1. The van der Waals surface area contributed by atoms with E-state index in [-0.39, 0.29) is 16.8 Å². The van der Waals surface area contributed by atoms with Crippen molar-refractivity contribution in [2.45, 2.75) is 49.7 Å². The molecule has 0 radical (unpaired) electrons. The van der Waals surface area contributed by atoms with Crippen molar-refractivity contribution in [3.05, 3.63) is 46.8 Å². The molecule has 146 valence electrons. The average molecular weight is 408 g/mol. The minimum absolute atomic E-state index is 0.0672. The van der Waals surface area contributed by atoms with Gasteiger partial charge in [0.1, 0.15) is 0 Å². The van der Waals surface area contributed by atoms with Gasteiger partial charge in [0, 0.05) is 24.1 Å². The van der Waals surface area contributed by atoms with Crippen LogP contribution < -0.4 is 5.32 Å². The zero-order valence-electron chi connectivity index (χ0n) is 16.2. The quantitative estimate of drug-likeness (QED) is 0.561. The van der Waals surface area contributed by atoms with Crippen molar-refractivity contribution in [1.29, 1.82) is 0 Å². The molecular formula is C19H25N3O3S2. The Labute approximate surface area is 165 Å². The van der Waals surface area contributed by atoms with Crippen LogP contribution in [-0.2, 0) is 21.1 Å². The van der Waals surface area contributed by atoms with Gasteiger partial charge in [0.05, 0.1) is 10.9 Å². The minimum Gasteiger partial charge on any atom is -0.350 e. The first-order valence-electron chi connectivity index (χ1n) is 8.59. The standard InChI is InChI=1S/C19H25N3O3S2/c1-12(15-6-8-16(9-7-15)27(5,24)25)20-18(23)11-10-17-13(2)21-19(26-4)22-14(17)3/h6-9,12H,10-11H2,1-5H3,(H,20,23). The number of carbonyl (C=O) groups excluding carboxylic acids is 1. The number of nitrogens with one attached hydrogen (secondary N) is 1. The van der Waals surface area contributed by atoms with E-state index in [0.29, 0.717) is 12.8 Å². The molecule has 1 N–H and O–H groups in total. The summed E-state index contributed by atoms with van der Waals surface area (Å²) in [5.74, 6) is -0.0672. The van der Waals surface area contributed by atoms with Gasteiger partial charge in [-0.15, -0.1) is 0 Å². The van der Waals surface area contributed by atoms with Crippen LogP contribution in [0.4, 0.5) is 0 Å². The lowest BCUT2D eigenvalue weighted by Gasteiger charge is -2.15. The van der Waals surface area contributed by atoms with E-state index in [4.69, 9.17) is 0 Å². The molecule has 8 heteroatoms. The average Bonchev–Trinajstić information content (AvgIpc) is 2.60. The van der Waals surface area contributed by atoms with Gasteiger partial charge in [-0.25, -0.2) is 18.4 Å². The van der Waals surface area contributed by atoms with Crippen molar-refractivity contribution < 1.29 is 13.2 Å². The summed E-state index contributed by atoms with van der Waals surface area (Å²) in [6.07, 6.45) is 4.03. The molecule has 2 aromatic rings. The van der Waals surface area contributed by atoms with Crippen molar-refractivity contribution in [3.63, 3.8) is 0 Å². The Morgan fingerprint density at radius 1 is 1.15 bits per heavy atom. The van der Waals surface area contributed by atoms with E-state index >= 15 is 0 Å². The van der Waals surface area contributed by atoms with Gasteiger partial charge < -0.3 is 5.32 Å². The number of rotatable bonds is 7. The molecule has 1 atom stereocenters. The van der Waals surface area contributed by atoms with Crippen LogP contribution in [0.1, 0.15) is 41.9 Å². The lowest BCUT2D eigenvalue weighted by atomic mass is 10.1. The smallest absolute Gasteiger partial charge is 0.220 e. The molecule has 0 aliphatic heterocycles. The molecule has 0 aliphatic carbocycles. The Morgan fingerprint density at radius 2 is 1.70 bits per heavy atom. The molecule has 0 bridgehead atoms. The number of aryl methyl sites for hydroxylation is 2. The fraction of sp³-hybridized carbons (Fsp3) is 0.421. The zero-order chi connectivity index (χ0) is 20.2. The number of benzene rings is 1. The van der Waals surface area contributed by atoms with Crippen LogP contribution in [0, 0.1) is 13.8 Å². The predicted octanol–water partition coefficient (Wildman–Crippen LogP) is 3.03. The van der Waals surface area contributed by atoms with Gasteiger partial charge in [-0.1, -0.05) is 23.9 Å². The number of thioether (sulfide) groups is 1. The normalized spacial score (nSPS) is 12.6. The third kappa shape index (κ3) is 5.77. The fourth-order valence-electron chi connectivity index (χ4n) is 2.80. The Kier molecular flexibility index (Phi) is 7.00. The Hall–Kier alpha value is -1.93. The highest BCUT2D eigenvalue weighted by Crippen LogP contribution is 2.19. The molecule has 27 heavy (non-hydrogen) atoms. The number of sulfone groups is 1. The number of hydrogen-bond donors (Lipinski definition) is 1. The van der Waals surface area contributed by atoms with Crippen LogP contribution in [0.2, 0.25) is 0 Å². The summed E-state index contributed by atoms with van der Waals surface area (Å²) in [4.78, 5) is 21.5. The van der Waals surface area contributed by atoms with Crippen LogP contribution >= 0.6 is 11.8 Å². The van der Waals surface area contributed by atoms with Crippen molar-refractivity contribution >= 4 is 27.5 Å². The van der Waals surface area contributed by atoms with Crippen LogP contribution in [0.3, 0.4) is 0 Å². The number of hydrogen-bond acceptors (Lipinski definition) is 6. The first-order valence-corrected chi connectivity index (χ1v) is 11.7. The second kappa shape index (κ2) is 8.84. The highest BCUT2D eigenvalue weighted by atomic mass is 32.2. The molecule has 0 aliphatic rings. The third-order valence-electron chi connectivity index (χ3n) is 4.37. The van der Waals surface area contributed by atoms with Gasteiger partial charge in [-0.3, -0.25) is 4.79 Å². The molecule has 0 spiro atoms. The first kappa shape index (κ1) is 21.4. The van der Waals surface area contributed by atoms with Crippen LogP contribution in [0.15, 0.2) is 34.3 Å². The highest BCUT2D eigenvalue weighted by molar-refractivity contribution is 7.98. The van der Waals surface area contributed by atoms with Gasteiger partial charge in [0.25, 0.3) is 0 Å². The molecule has 0 fully saturated rings. The number of amides is 1. The van der Waals surface area contributed by atoms with Crippen molar-refractivity contribution in [3.8, 4) is 0 Å². The van der Waals surface area contributed by atoms with E-state index in [1.54, 1.807) is 24.3 Å². The second-order valence-corrected chi connectivity index (χ2v) is 9.28. The Balaban J connectivity index is 1.98. The maximum atomic E-state index is 12.3. The number of nitrogens with zero attached hydrogens (tertiary/aromatic N) is 2. The summed E-state index contributed by atoms with van der Waals surface area (Å²) in [5.41, 5.74) is 3.68. The maximum absolute atomic E-state index is 12.3. The highest BCUT2D eigenvalue weighted by Gasteiger charge is 2.14. The monoisotopic (exact) mass is 407 g/mol.